The number of nitrogens with zero attached hydrogens (tertiary/aromatic N) is 3. The van der Waals surface area contributed by atoms with Crippen molar-refractivity contribution in [2.24, 2.45) is 0 Å². The van der Waals surface area contributed by atoms with E-state index in [0.29, 0.717) is 27.9 Å². The molecule has 2 aromatic rings. The second-order valence-corrected chi connectivity index (χ2v) is 13.1. The number of anilines is 1. The standard InChI is InChI=1S/C40H44N4O14/c45-33(11-12-34(46)42-26-30-7-2-1-5-28(30)9-10-29-6-3-4-8-32(29)42)41-25-31(56-24-23-54-20-18-40(52)58-44-37(49)15-16-38(44)50)27-55-22-21-53-19-17-39(51)57-43-35(47)13-14-36(43)48/h1-8,31H,11-27H2,(H,41,45). The molecule has 2 fully saturated rings. The van der Waals surface area contributed by atoms with Gasteiger partial charge < -0.3 is 38.8 Å². The molecule has 5 rings (SSSR count). The summed E-state index contributed by atoms with van der Waals surface area (Å²) in [5, 5.41) is 3.71. The van der Waals surface area contributed by atoms with Gasteiger partial charge in [-0.05, 0) is 23.8 Å². The van der Waals surface area contributed by atoms with Crippen molar-refractivity contribution in [2.45, 2.75) is 64.0 Å². The van der Waals surface area contributed by atoms with Crippen LogP contribution in [0.2, 0.25) is 0 Å². The number of amides is 6. The number of carbonyl (C=O) groups excluding carboxylic acids is 8. The third-order valence-electron chi connectivity index (χ3n) is 8.82. The first kappa shape index (κ1) is 43.1. The summed E-state index contributed by atoms with van der Waals surface area (Å²) in [6, 6.07) is 14.9. The predicted octanol–water partition coefficient (Wildman–Crippen LogP) is 1.26. The molecule has 6 amide bonds. The number of nitrogens with one attached hydrogen (secondary N) is 1. The molecule has 308 valence electrons. The van der Waals surface area contributed by atoms with E-state index in [1.165, 1.54) is 0 Å². The zero-order chi connectivity index (χ0) is 41.3. The minimum atomic E-state index is -0.804. The lowest BCUT2D eigenvalue weighted by Gasteiger charge is -2.26. The fourth-order valence-electron chi connectivity index (χ4n) is 5.78. The van der Waals surface area contributed by atoms with Gasteiger partial charge in [-0.1, -0.05) is 42.2 Å². The van der Waals surface area contributed by atoms with Crippen LogP contribution in [0, 0.1) is 11.8 Å². The van der Waals surface area contributed by atoms with Gasteiger partial charge >= 0.3 is 11.9 Å². The first-order valence-electron chi connectivity index (χ1n) is 18.8. The van der Waals surface area contributed by atoms with Crippen molar-refractivity contribution in [1.82, 2.24) is 15.4 Å². The molecule has 0 aliphatic carbocycles. The minimum absolute atomic E-state index is 0.00902. The third kappa shape index (κ3) is 13.0. The lowest BCUT2D eigenvalue weighted by atomic mass is 10.0. The van der Waals surface area contributed by atoms with Gasteiger partial charge in [0.15, 0.2) is 0 Å². The normalized spacial score (nSPS) is 15.2. The van der Waals surface area contributed by atoms with Crippen molar-refractivity contribution in [2.75, 3.05) is 57.7 Å². The molecule has 3 aliphatic rings. The van der Waals surface area contributed by atoms with E-state index >= 15 is 0 Å². The van der Waals surface area contributed by atoms with Crippen LogP contribution >= 0.6 is 0 Å². The Balaban J connectivity index is 1.04. The number of benzene rings is 2. The zero-order valence-corrected chi connectivity index (χ0v) is 31.8. The van der Waals surface area contributed by atoms with Gasteiger partial charge in [0.1, 0.15) is 0 Å². The van der Waals surface area contributed by atoms with E-state index < -0.39 is 41.7 Å². The van der Waals surface area contributed by atoms with Gasteiger partial charge in [0, 0.05) is 56.2 Å². The minimum Gasteiger partial charge on any atom is -0.378 e. The molecule has 0 spiro atoms. The zero-order valence-electron chi connectivity index (χ0n) is 31.8. The van der Waals surface area contributed by atoms with Crippen LogP contribution in [0.3, 0.4) is 0 Å². The molecule has 0 bridgehead atoms. The number of carbonyl (C=O) groups is 8. The fourth-order valence-corrected chi connectivity index (χ4v) is 5.78. The number of hydroxylamine groups is 4. The van der Waals surface area contributed by atoms with Crippen LogP contribution < -0.4 is 10.2 Å². The van der Waals surface area contributed by atoms with Gasteiger partial charge in [-0.25, -0.2) is 9.59 Å². The van der Waals surface area contributed by atoms with Crippen molar-refractivity contribution in [1.29, 1.82) is 0 Å². The topological polar surface area (TPSA) is 214 Å². The van der Waals surface area contributed by atoms with E-state index in [2.05, 4.69) is 17.2 Å². The van der Waals surface area contributed by atoms with Crippen LogP contribution in [0.5, 0.6) is 0 Å². The third-order valence-corrected chi connectivity index (χ3v) is 8.82. The number of rotatable bonds is 22. The average Bonchev–Trinajstić information content (AvgIpc) is 3.70. The van der Waals surface area contributed by atoms with Crippen molar-refractivity contribution >= 4 is 53.1 Å². The van der Waals surface area contributed by atoms with Crippen molar-refractivity contribution in [3.63, 3.8) is 0 Å². The number of para-hydroxylation sites is 1. The number of ether oxygens (including phenoxy) is 4. The summed E-state index contributed by atoms with van der Waals surface area (Å²) in [4.78, 5) is 108. The summed E-state index contributed by atoms with van der Waals surface area (Å²) in [7, 11) is 0. The number of hydrogen-bond acceptors (Lipinski definition) is 14. The highest BCUT2D eigenvalue weighted by atomic mass is 16.7. The molecule has 1 N–H and O–H groups in total. The Morgan fingerprint density at radius 2 is 1.16 bits per heavy atom. The summed E-state index contributed by atoms with van der Waals surface area (Å²) >= 11 is 0. The Bertz CT molecular complexity index is 1890. The molecule has 18 heteroatoms. The molecule has 3 heterocycles. The molecule has 1 atom stereocenters. The molecule has 0 aromatic heterocycles. The van der Waals surface area contributed by atoms with Gasteiger partial charge in [-0.15, -0.1) is 10.1 Å². The maximum Gasteiger partial charge on any atom is 0.335 e. The van der Waals surface area contributed by atoms with Gasteiger partial charge in [0.25, 0.3) is 23.6 Å². The van der Waals surface area contributed by atoms with Gasteiger partial charge in [-0.2, -0.15) is 0 Å². The highest BCUT2D eigenvalue weighted by Gasteiger charge is 2.33. The van der Waals surface area contributed by atoms with Crippen LogP contribution in [-0.2, 0) is 73.5 Å². The predicted molar refractivity (Wildman–Crippen MR) is 198 cm³/mol. The molecule has 2 aromatic carbocycles. The number of fused-ring (bicyclic) bond motifs is 2. The van der Waals surface area contributed by atoms with E-state index in [4.69, 9.17) is 28.6 Å². The van der Waals surface area contributed by atoms with Gasteiger partial charge in [-0.3, -0.25) is 28.8 Å². The monoisotopic (exact) mass is 804 g/mol. The molecular formula is C40H44N4O14. The van der Waals surface area contributed by atoms with E-state index in [1.54, 1.807) is 4.90 Å². The second-order valence-electron chi connectivity index (χ2n) is 13.1. The number of hydrogen-bond donors (Lipinski definition) is 1. The van der Waals surface area contributed by atoms with Crippen molar-refractivity contribution in [3.8, 4) is 11.8 Å². The lowest BCUT2D eigenvalue weighted by molar-refractivity contribution is -0.198. The highest BCUT2D eigenvalue weighted by molar-refractivity contribution is 6.02. The summed E-state index contributed by atoms with van der Waals surface area (Å²) in [6.45, 7) is 0.473. The van der Waals surface area contributed by atoms with Crippen LogP contribution in [0.15, 0.2) is 48.5 Å². The maximum atomic E-state index is 13.6. The highest BCUT2D eigenvalue weighted by Crippen LogP contribution is 2.26. The number of imide groups is 2. The molecular weight excluding hydrogens is 760 g/mol. The Hall–Kier alpha value is -6.00. The Morgan fingerprint density at radius 3 is 1.79 bits per heavy atom. The lowest BCUT2D eigenvalue weighted by Crippen LogP contribution is -2.38. The van der Waals surface area contributed by atoms with Crippen LogP contribution in [0.4, 0.5) is 5.69 Å². The first-order chi connectivity index (χ1) is 28.1. The van der Waals surface area contributed by atoms with Crippen LogP contribution in [0.1, 0.15) is 68.1 Å². The van der Waals surface area contributed by atoms with E-state index in [-0.39, 0.29) is 116 Å². The molecule has 58 heavy (non-hydrogen) atoms. The van der Waals surface area contributed by atoms with Crippen LogP contribution in [-0.4, -0.2) is 116 Å². The molecule has 2 saturated heterocycles. The quantitative estimate of drug-likeness (QED) is 0.101. The molecule has 0 radical (unpaired) electrons. The molecule has 1 unspecified atom stereocenters. The molecule has 3 aliphatic heterocycles. The average molecular weight is 805 g/mol. The molecule has 18 nitrogen and oxygen atoms in total. The molecule has 0 saturated carbocycles. The maximum absolute atomic E-state index is 13.6. The largest absolute Gasteiger partial charge is 0.378 e. The van der Waals surface area contributed by atoms with Crippen molar-refractivity contribution < 1.29 is 67.0 Å². The SMILES string of the molecule is O=C(CCC(=O)N1Cc2ccccc2C#Cc2ccccc21)NCC(COCCOCCC(=O)ON1C(=O)CCC1=O)OCCOCCC(=O)ON1C(=O)CCC1=O. The van der Waals surface area contributed by atoms with Gasteiger partial charge in [0.05, 0.1) is 77.4 Å². The van der Waals surface area contributed by atoms with E-state index in [1.807, 2.05) is 48.5 Å². The Morgan fingerprint density at radius 1 is 0.621 bits per heavy atom. The summed E-state index contributed by atoms with van der Waals surface area (Å²) in [5.41, 5.74) is 3.08. The van der Waals surface area contributed by atoms with E-state index in [0.717, 1.165) is 11.1 Å². The Labute approximate surface area is 333 Å². The van der Waals surface area contributed by atoms with Crippen LogP contribution in [0.25, 0.3) is 0 Å². The van der Waals surface area contributed by atoms with Crippen molar-refractivity contribution in [3.05, 3.63) is 65.2 Å². The first-order valence-corrected chi connectivity index (χ1v) is 18.8. The van der Waals surface area contributed by atoms with E-state index in [9.17, 15) is 38.4 Å². The summed E-state index contributed by atoms with van der Waals surface area (Å²) in [6.07, 6.45) is -1.29. The smallest absolute Gasteiger partial charge is 0.335 e. The Kier molecular flexibility index (Phi) is 16.4. The fraction of sp³-hybridized carbons (Fsp3) is 0.450. The second kappa shape index (κ2) is 22.1. The summed E-state index contributed by atoms with van der Waals surface area (Å²) in [5.74, 6) is 1.78. The summed E-state index contributed by atoms with van der Waals surface area (Å²) < 4.78 is 22.4. The van der Waals surface area contributed by atoms with Gasteiger partial charge in [0.2, 0.25) is 11.8 Å².